The third-order valence-corrected chi connectivity index (χ3v) is 8.54. The maximum absolute atomic E-state index is 12.0. The highest BCUT2D eigenvalue weighted by Gasteiger charge is 2.57. The van der Waals surface area contributed by atoms with Crippen LogP contribution in [0.1, 0.15) is 64.5 Å². The Hall–Kier alpha value is -1.84. The standard InChI is InChI=1S/C23H31N3O/c1-15-13-26(14-25-15)20-7-6-18-17-5-4-16-12-24-21(27)9-11-22(16,2)19(17)8-10-23(18,20)3/h7,12-14,17-19H,4-6,8-11H2,1-3H3,(H,24,27)/t17?,18?,19?,22-,23-/m0/s1. The lowest BCUT2D eigenvalue weighted by Gasteiger charge is -2.56. The number of hydrogen-bond donors (Lipinski definition) is 1. The van der Waals surface area contributed by atoms with Crippen molar-refractivity contribution >= 4 is 11.6 Å². The summed E-state index contributed by atoms with van der Waals surface area (Å²) >= 11 is 0. The van der Waals surface area contributed by atoms with Crippen molar-refractivity contribution in [3.63, 3.8) is 0 Å². The minimum atomic E-state index is 0.190. The molecule has 1 aliphatic heterocycles. The van der Waals surface area contributed by atoms with Crippen LogP contribution in [-0.4, -0.2) is 15.5 Å². The molecule has 27 heavy (non-hydrogen) atoms. The zero-order chi connectivity index (χ0) is 18.8. The van der Waals surface area contributed by atoms with Crippen LogP contribution in [0.3, 0.4) is 0 Å². The van der Waals surface area contributed by atoms with Crippen LogP contribution in [-0.2, 0) is 4.79 Å². The monoisotopic (exact) mass is 365 g/mol. The average Bonchev–Trinajstić information content (AvgIpc) is 3.17. The quantitative estimate of drug-likeness (QED) is 0.785. The number of allylic oxidation sites excluding steroid dienone is 3. The van der Waals surface area contributed by atoms with Gasteiger partial charge >= 0.3 is 0 Å². The molecule has 1 amide bonds. The molecule has 2 saturated carbocycles. The summed E-state index contributed by atoms with van der Waals surface area (Å²) in [6.07, 6.45) is 16.5. The van der Waals surface area contributed by atoms with E-state index in [2.05, 4.69) is 54.1 Å². The normalized spacial score (nSPS) is 40.9. The first-order chi connectivity index (χ1) is 12.9. The SMILES string of the molecule is Cc1cn(C2=CCC3C4CCC5=CNC(=O)CC[C@]5(C)C4CC[C@]23C)cn1. The first-order valence-electron chi connectivity index (χ1n) is 10.6. The van der Waals surface area contributed by atoms with Crippen molar-refractivity contribution in [2.24, 2.45) is 28.6 Å². The number of carbonyl (C=O) groups is 1. The summed E-state index contributed by atoms with van der Waals surface area (Å²) < 4.78 is 2.28. The van der Waals surface area contributed by atoms with Crippen LogP contribution in [0, 0.1) is 35.5 Å². The molecular weight excluding hydrogens is 334 g/mol. The molecule has 3 unspecified atom stereocenters. The van der Waals surface area contributed by atoms with E-state index in [1.807, 2.05) is 6.33 Å². The van der Waals surface area contributed by atoms with E-state index >= 15 is 0 Å². The molecule has 1 aromatic rings. The molecule has 1 aromatic heterocycles. The second-order valence-corrected chi connectivity index (χ2v) is 9.77. The number of nitrogens with zero attached hydrogens (tertiary/aromatic N) is 2. The molecule has 2 fully saturated rings. The van der Waals surface area contributed by atoms with Gasteiger partial charge in [-0.15, -0.1) is 0 Å². The van der Waals surface area contributed by atoms with Crippen molar-refractivity contribution in [1.29, 1.82) is 0 Å². The average molecular weight is 366 g/mol. The van der Waals surface area contributed by atoms with E-state index < -0.39 is 0 Å². The summed E-state index contributed by atoms with van der Waals surface area (Å²) in [5.74, 6) is 2.38. The highest BCUT2D eigenvalue weighted by Crippen LogP contribution is 2.65. The van der Waals surface area contributed by atoms with Crippen molar-refractivity contribution in [3.05, 3.63) is 36.1 Å². The predicted octanol–water partition coefficient (Wildman–Crippen LogP) is 4.68. The summed E-state index contributed by atoms with van der Waals surface area (Å²) in [5, 5.41) is 3.03. The van der Waals surface area contributed by atoms with Gasteiger partial charge in [0.15, 0.2) is 0 Å². The number of imidazole rings is 1. The van der Waals surface area contributed by atoms with Gasteiger partial charge in [-0.05, 0) is 74.2 Å². The first-order valence-corrected chi connectivity index (χ1v) is 10.6. The molecule has 144 valence electrons. The van der Waals surface area contributed by atoms with Crippen LogP contribution in [0.5, 0.6) is 0 Å². The molecule has 0 bridgehead atoms. The number of aryl methyl sites for hydroxylation is 1. The zero-order valence-corrected chi connectivity index (χ0v) is 16.8. The maximum Gasteiger partial charge on any atom is 0.223 e. The molecule has 1 N–H and O–H groups in total. The van der Waals surface area contributed by atoms with Gasteiger partial charge in [0.2, 0.25) is 5.91 Å². The van der Waals surface area contributed by atoms with Crippen LogP contribution in [0.4, 0.5) is 0 Å². The van der Waals surface area contributed by atoms with Gasteiger partial charge in [-0.1, -0.05) is 19.9 Å². The Balaban J connectivity index is 1.47. The van der Waals surface area contributed by atoms with Crippen LogP contribution in [0.15, 0.2) is 30.4 Å². The topological polar surface area (TPSA) is 46.9 Å². The van der Waals surface area contributed by atoms with Gasteiger partial charge in [0.25, 0.3) is 0 Å². The Kier molecular flexibility index (Phi) is 3.73. The lowest BCUT2D eigenvalue weighted by Crippen LogP contribution is -2.49. The van der Waals surface area contributed by atoms with Crippen LogP contribution in [0.2, 0.25) is 0 Å². The zero-order valence-electron chi connectivity index (χ0n) is 16.8. The number of hydrogen-bond acceptors (Lipinski definition) is 2. The maximum atomic E-state index is 12.0. The summed E-state index contributed by atoms with van der Waals surface area (Å²) in [5.41, 5.74) is 4.50. The Morgan fingerprint density at radius 2 is 2.00 bits per heavy atom. The van der Waals surface area contributed by atoms with Crippen molar-refractivity contribution in [1.82, 2.24) is 14.9 Å². The summed E-state index contributed by atoms with van der Waals surface area (Å²) in [7, 11) is 0. The Morgan fingerprint density at radius 3 is 2.78 bits per heavy atom. The van der Waals surface area contributed by atoms with E-state index in [1.165, 1.54) is 37.0 Å². The number of nitrogens with one attached hydrogen (secondary N) is 1. The third kappa shape index (κ3) is 2.41. The van der Waals surface area contributed by atoms with E-state index in [0.717, 1.165) is 30.4 Å². The smallest absolute Gasteiger partial charge is 0.223 e. The number of aromatic nitrogens is 2. The molecule has 0 aromatic carbocycles. The first kappa shape index (κ1) is 17.3. The molecule has 4 heteroatoms. The fourth-order valence-corrected chi connectivity index (χ4v) is 7.02. The second-order valence-electron chi connectivity index (χ2n) is 9.77. The van der Waals surface area contributed by atoms with E-state index in [4.69, 9.17) is 0 Å². The molecular formula is C23H31N3O. The van der Waals surface area contributed by atoms with Crippen LogP contribution >= 0.6 is 0 Å². The van der Waals surface area contributed by atoms with E-state index in [9.17, 15) is 4.79 Å². The number of carbonyl (C=O) groups excluding carboxylic acids is 1. The van der Waals surface area contributed by atoms with Crippen molar-refractivity contribution in [2.75, 3.05) is 0 Å². The Labute approximate surface area is 162 Å². The third-order valence-electron chi connectivity index (χ3n) is 8.54. The highest BCUT2D eigenvalue weighted by atomic mass is 16.1. The molecule has 4 aliphatic rings. The van der Waals surface area contributed by atoms with E-state index in [-0.39, 0.29) is 16.7 Å². The van der Waals surface area contributed by atoms with Crippen molar-refractivity contribution < 1.29 is 4.79 Å². The van der Waals surface area contributed by atoms with E-state index in [1.54, 1.807) is 0 Å². The highest BCUT2D eigenvalue weighted by molar-refractivity contribution is 5.77. The fourth-order valence-electron chi connectivity index (χ4n) is 7.02. The minimum Gasteiger partial charge on any atom is -0.333 e. The number of amides is 1. The lowest BCUT2D eigenvalue weighted by molar-refractivity contribution is -0.120. The van der Waals surface area contributed by atoms with Gasteiger partial charge in [-0.2, -0.15) is 0 Å². The summed E-state index contributed by atoms with van der Waals surface area (Å²) in [6.45, 7) is 7.01. The second kappa shape index (κ2) is 5.83. The molecule has 3 aliphatic carbocycles. The van der Waals surface area contributed by atoms with Crippen LogP contribution in [0.25, 0.3) is 5.70 Å². The van der Waals surface area contributed by atoms with Gasteiger partial charge < -0.3 is 9.88 Å². The van der Waals surface area contributed by atoms with Gasteiger partial charge in [0.05, 0.1) is 12.0 Å². The number of fused-ring (bicyclic) bond motifs is 5. The number of rotatable bonds is 1. The lowest BCUT2D eigenvalue weighted by atomic mass is 9.48. The Morgan fingerprint density at radius 1 is 1.15 bits per heavy atom. The minimum absolute atomic E-state index is 0.190. The van der Waals surface area contributed by atoms with Gasteiger partial charge in [0.1, 0.15) is 0 Å². The molecule has 0 radical (unpaired) electrons. The molecule has 5 rings (SSSR count). The largest absolute Gasteiger partial charge is 0.333 e. The van der Waals surface area contributed by atoms with Crippen molar-refractivity contribution in [3.8, 4) is 0 Å². The fraction of sp³-hybridized carbons (Fsp3) is 0.652. The van der Waals surface area contributed by atoms with Crippen molar-refractivity contribution in [2.45, 2.75) is 65.7 Å². The summed E-state index contributed by atoms with van der Waals surface area (Å²) in [6, 6.07) is 0. The van der Waals surface area contributed by atoms with Gasteiger partial charge in [-0.3, -0.25) is 4.79 Å². The molecule has 0 saturated heterocycles. The summed E-state index contributed by atoms with van der Waals surface area (Å²) in [4.78, 5) is 16.5. The predicted molar refractivity (Wildman–Crippen MR) is 106 cm³/mol. The van der Waals surface area contributed by atoms with E-state index in [0.29, 0.717) is 12.3 Å². The Bertz CT molecular complexity index is 850. The van der Waals surface area contributed by atoms with Crippen LogP contribution < -0.4 is 5.32 Å². The molecule has 5 atom stereocenters. The molecule has 0 spiro atoms. The molecule has 4 nitrogen and oxygen atoms in total. The van der Waals surface area contributed by atoms with Gasteiger partial charge in [0, 0.05) is 29.9 Å². The molecule has 2 heterocycles. The van der Waals surface area contributed by atoms with Gasteiger partial charge in [-0.25, -0.2) is 4.98 Å².